The number of aryl methyl sites for hydroxylation is 1. The number of halogens is 2. The minimum absolute atomic E-state index is 0.136. The van der Waals surface area contributed by atoms with Crippen LogP contribution in [0.5, 0.6) is 5.75 Å². The van der Waals surface area contributed by atoms with Crippen LogP contribution in [0.4, 0.5) is 8.78 Å². The molecule has 2 N–H and O–H groups in total. The summed E-state index contributed by atoms with van der Waals surface area (Å²) in [7, 11) is 0. The molecule has 0 unspecified atom stereocenters. The molecule has 0 aliphatic carbocycles. The number of nitrogens with one attached hydrogen (secondary N) is 2. The predicted octanol–water partition coefficient (Wildman–Crippen LogP) is 3.29. The maximum absolute atomic E-state index is 12.5. The van der Waals surface area contributed by atoms with Crippen molar-refractivity contribution in [2.45, 2.75) is 32.8 Å². The number of rotatable bonds is 8. The van der Waals surface area contributed by atoms with Gasteiger partial charge in [-0.25, -0.2) is 4.68 Å². The van der Waals surface area contributed by atoms with Crippen LogP contribution in [0.15, 0.2) is 54.7 Å². The van der Waals surface area contributed by atoms with Gasteiger partial charge in [-0.05, 0) is 49.2 Å². The van der Waals surface area contributed by atoms with Gasteiger partial charge in [0.25, 0.3) is 11.8 Å². The number of carbonyl (C=O) groups excluding carboxylic acids is 2. The molecule has 0 atom stereocenters. The van der Waals surface area contributed by atoms with Gasteiger partial charge in [0.2, 0.25) is 0 Å². The van der Waals surface area contributed by atoms with Crippen molar-refractivity contribution in [2.75, 3.05) is 0 Å². The van der Waals surface area contributed by atoms with E-state index in [-0.39, 0.29) is 16.9 Å². The summed E-state index contributed by atoms with van der Waals surface area (Å²) in [5.41, 5.74) is 6.21. The van der Waals surface area contributed by atoms with E-state index in [9.17, 15) is 18.4 Å². The van der Waals surface area contributed by atoms with Gasteiger partial charge in [-0.2, -0.15) is 8.78 Å². The van der Waals surface area contributed by atoms with Gasteiger partial charge in [-0.1, -0.05) is 30.7 Å². The van der Waals surface area contributed by atoms with Gasteiger partial charge in [0, 0.05) is 5.56 Å². The van der Waals surface area contributed by atoms with Gasteiger partial charge in [-0.3, -0.25) is 20.4 Å². The highest BCUT2D eigenvalue weighted by Crippen LogP contribution is 2.20. The summed E-state index contributed by atoms with van der Waals surface area (Å²) in [6.45, 7) is -0.971. The number of benzene rings is 2. The third-order valence-corrected chi connectivity index (χ3v) is 4.36. The van der Waals surface area contributed by atoms with Crippen molar-refractivity contribution in [2.24, 2.45) is 0 Å². The summed E-state index contributed by atoms with van der Waals surface area (Å²) >= 11 is 0. The van der Waals surface area contributed by atoms with Crippen LogP contribution in [0.3, 0.4) is 0 Å². The fourth-order valence-corrected chi connectivity index (χ4v) is 2.77. The topological polar surface area (TPSA) is 98.1 Å². The van der Waals surface area contributed by atoms with Crippen molar-refractivity contribution in [1.82, 2.24) is 25.8 Å². The van der Waals surface area contributed by atoms with Crippen molar-refractivity contribution in [3.05, 3.63) is 71.5 Å². The first-order valence-corrected chi connectivity index (χ1v) is 9.64. The van der Waals surface area contributed by atoms with Crippen LogP contribution in [-0.2, 0) is 6.42 Å². The van der Waals surface area contributed by atoms with Crippen LogP contribution >= 0.6 is 0 Å². The molecule has 0 fully saturated rings. The molecule has 0 spiro atoms. The summed E-state index contributed by atoms with van der Waals surface area (Å²) in [6, 6.07) is 12.0. The smallest absolute Gasteiger partial charge is 0.387 e. The molecule has 1 heterocycles. The number of aromatic nitrogens is 3. The van der Waals surface area contributed by atoms with E-state index in [0.29, 0.717) is 0 Å². The van der Waals surface area contributed by atoms with E-state index in [0.717, 1.165) is 30.6 Å². The number of alkyl halides is 2. The molecular weight excluding hydrogens is 408 g/mol. The molecule has 10 heteroatoms. The van der Waals surface area contributed by atoms with E-state index in [4.69, 9.17) is 0 Å². The number of hydrazine groups is 1. The third kappa shape index (κ3) is 5.84. The summed E-state index contributed by atoms with van der Waals surface area (Å²) in [4.78, 5) is 24.5. The number of nitrogens with zero attached hydrogens (tertiary/aromatic N) is 3. The maximum Gasteiger partial charge on any atom is 0.387 e. The van der Waals surface area contributed by atoms with Crippen molar-refractivity contribution in [3.8, 4) is 11.4 Å². The zero-order valence-corrected chi connectivity index (χ0v) is 16.7. The Bertz CT molecular complexity index is 1040. The normalized spacial score (nSPS) is 10.7. The third-order valence-electron chi connectivity index (χ3n) is 4.36. The van der Waals surface area contributed by atoms with Gasteiger partial charge in [0.05, 0.1) is 23.1 Å². The van der Waals surface area contributed by atoms with Crippen molar-refractivity contribution < 1.29 is 23.1 Å². The Kier molecular flexibility index (Phi) is 7.26. The summed E-state index contributed by atoms with van der Waals surface area (Å²) in [5.74, 6) is -1.66. The minimum Gasteiger partial charge on any atom is -0.434 e. The Balaban J connectivity index is 1.60. The monoisotopic (exact) mass is 429 g/mol. The van der Waals surface area contributed by atoms with Gasteiger partial charge in [0.1, 0.15) is 5.75 Å². The van der Waals surface area contributed by atoms with Gasteiger partial charge in [0.15, 0.2) is 0 Å². The fourth-order valence-electron chi connectivity index (χ4n) is 2.77. The lowest BCUT2D eigenvalue weighted by Gasteiger charge is -2.11. The Morgan fingerprint density at radius 3 is 2.48 bits per heavy atom. The van der Waals surface area contributed by atoms with Crippen LogP contribution in [0.1, 0.15) is 46.2 Å². The molecule has 0 saturated heterocycles. The molecule has 0 bridgehead atoms. The molecule has 0 aliphatic rings. The molecule has 31 heavy (non-hydrogen) atoms. The molecular formula is C21H21F2N5O3. The number of amides is 2. The number of hydrogen-bond acceptors (Lipinski definition) is 5. The molecule has 3 aromatic rings. The van der Waals surface area contributed by atoms with Crippen LogP contribution in [0.25, 0.3) is 5.69 Å². The molecule has 0 radical (unpaired) electrons. The highest BCUT2D eigenvalue weighted by atomic mass is 19.3. The van der Waals surface area contributed by atoms with Gasteiger partial charge in [-0.15, -0.1) is 5.10 Å². The Morgan fingerprint density at radius 1 is 1.06 bits per heavy atom. The lowest BCUT2D eigenvalue weighted by atomic mass is 10.2. The first-order valence-electron chi connectivity index (χ1n) is 9.64. The Morgan fingerprint density at radius 2 is 1.77 bits per heavy atom. The second kappa shape index (κ2) is 10.3. The van der Waals surface area contributed by atoms with Crippen molar-refractivity contribution in [1.29, 1.82) is 0 Å². The number of hydrogen-bond donors (Lipinski definition) is 2. The number of unbranched alkanes of at least 4 members (excludes halogenated alkanes) is 1. The van der Waals surface area contributed by atoms with Crippen molar-refractivity contribution in [3.63, 3.8) is 0 Å². The molecule has 1 aromatic heterocycles. The largest absolute Gasteiger partial charge is 0.434 e. The predicted molar refractivity (Wildman–Crippen MR) is 108 cm³/mol. The SMILES string of the molecule is CCCCc1cn(-c2ccc(C(=O)NNC(=O)c3ccccc3OC(F)F)cc2)nn1. The second-order valence-corrected chi connectivity index (χ2v) is 6.59. The highest BCUT2D eigenvalue weighted by Gasteiger charge is 2.16. The Labute approximate surface area is 177 Å². The lowest BCUT2D eigenvalue weighted by Crippen LogP contribution is -2.41. The summed E-state index contributed by atoms with van der Waals surface area (Å²) in [6.07, 6.45) is 4.78. The van der Waals surface area contributed by atoms with Crippen LogP contribution in [-0.4, -0.2) is 33.4 Å². The maximum atomic E-state index is 12.5. The molecule has 2 amide bonds. The molecule has 0 saturated carbocycles. The molecule has 2 aromatic carbocycles. The van der Waals surface area contributed by atoms with Crippen molar-refractivity contribution >= 4 is 11.8 Å². The first-order chi connectivity index (χ1) is 15.0. The molecule has 162 valence electrons. The van der Waals surface area contributed by atoms with Gasteiger partial charge >= 0.3 is 6.61 Å². The van der Waals surface area contributed by atoms with E-state index >= 15 is 0 Å². The number of ether oxygens (including phenoxy) is 1. The summed E-state index contributed by atoms with van der Waals surface area (Å²) in [5, 5.41) is 8.20. The summed E-state index contributed by atoms with van der Waals surface area (Å²) < 4.78 is 30.9. The van der Waals surface area contributed by atoms with E-state index in [2.05, 4.69) is 32.8 Å². The molecule has 8 nitrogen and oxygen atoms in total. The minimum atomic E-state index is -3.07. The average molecular weight is 429 g/mol. The van der Waals surface area contributed by atoms with Crippen LogP contribution in [0.2, 0.25) is 0 Å². The zero-order chi connectivity index (χ0) is 22.2. The second-order valence-electron chi connectivity index (χ2n) is 6.59. The zero-order valence-electron chi connectivity index (χ0n) is 16.7. The van der Waals surface area contributed by atoms with Crippen LogP contribution in [0, 0.1) is 0 Å². The van der Waals surface area contributed by atoms with E-state index < -0.39 is 18.4 Å². The van der Waals surface area contributed by atoms with Gasteiger partial charge < -0.3 is 4.74 Å². The average Bonchev–Trinajstić information content (AvgIpc) is 3.25. The van der Waals surface area contributed by atoms with E-state index in [1.807, 2.05) is 6.20 Å². The van der Waals surface area contributed by atoms with E-state index in [1.54, 1.807) is 28.9 Å². The standard InChI is InChI=1S/C21H21F2N5O3/c1-2-3-6-15-13-28(27-24-15)16-11-9-14(10-12-16)19(29)25-26-20(30)17-7-4-5-8-18(17)31-21(22)23/h4-5,7-13,21H,2-3,6H2,1H3,(H,25,29)(H,26,30). The van der Waals surface area contributed by atoms with E-state index in [1.165, 1.54) is 24.3 Å². The first kappa shape index (κ1) is 21.9. The highest BCUT2D eigenvalue weighted by molar-refractivity contribution is 6.00. The molecule has 3 rings (SSSR count). The number of para-hydroxylation sites is 1. The Hall–Kier alpha value is -3.82. The quantitative estimate of drug-likeness (QED) is 0.536. The fraction of sp³-hybridized carbons (Fsp3) is 0.238. The lowest BCUT2D eigenvalue weighted by molar-refractivity contribution is -0.0501. The number of carbonyl (C=O) groups is 2. The molecule has 0 aliphatic heterocycles. The van der Waals surface area contributed by atoms with Crippen LogP contribution < -0.4 is 15.6 Å².